The minimum atomic E-state index is -0.171. The predicted octanol–water partition coefficient (Wildman–Crippen LogP) is 3.29. The number of aryl methyl sites for hydroxylation is 1. The number of carbonyl (C=O) groups excluding carboxylic acids is 2. The molecule has 2 aromatic carbocycles. The number of benzene rings is 2. The van der Waals surface area contributed by atoms with Crippen LogP contribution in [0.4, 0.5) is 5.69 Å². The van der Waals surface area contributed by atoms with Gasteiger partial charge in [0.05, 0.1) is 0 Å². The molecule has 0 fully saturated rings. The topological polar surface area (TPSA) is 74.8 Å². The number of amides is 2. The van der Waals surface area contributed by atoms with Crippen molar-refractivity contribution in [1.82, 2.24) is 5.32 Å². The van der Waals surface area contributed by atoms with E-state index < -0.39 is 0 Å². The van der Waals surface area contributed by atoms with E-state index in [1.54, 1.807) is 31.3 Å². The van der Waals surface area contributed by atoms with Crippen LogP contribution in [0.3, 0.4) is 0 Å². The summed E-state index contributed by atoms with van der Waals surface area (Å²) in [6.45, 7) is 6.89. The Bertz CT molecular complexity index is 800. The van der Waals surface area contributed by atoms with Crippen molar-refractivity contribution < 1.29 is 14.9 Å². The second kappa shape index (κ2) is 11.4. The van der Waals surface area contributed by atoms with E-state index >= 15 is 0 Å². The maximum absolute atomic E-state index is 12.5. The third-order valence-corrected chi connectivity index (χ3v) is 5.09. The molecule has 0 saturated carbocycles. The van der Waals surface area contributed by atoms with Crippen molar-refractivity contribution in [2.24, 2.45) is 5.92 Å². The Balaban J connectivity index is 1.96. The largest absolute Gasteiger partial charge is 0.355 e. The van der Waals surface area contributed by atoms with Crippen LogP contribution < -0.4 is 16.0 Å². The fourth-order valence-corrected chi connectivity index (χ4v) is 3.41. The smallest absolute Gasteiger partial charge is 0.279 e. The number of anilines is 1. The highest BCUT2D eigenvalue weighted by Crippen LogP contribution is 2.19. The van der Waals surface area contributed by atoms with Crippen molar-refractivity contribution in [3.8, 4) is 0 Å². The minimum absolute atomic E-state index is 0.0794. The lowest BCUT2D eigenvalue weighted by molar-refractivity contribution is -0.692. The number of nitrogens with one attached hydrogen (secondary N) is 2. The van der Waals surface area contributed by atoms with Crippen LogP contribution in [0.2, 0.25) is 0 Å². The molecule has 2 rings (SSSR count). The number of nitrogens with two attached hydrogens (primary N) is 1. The lowest BCUT2D eigenvalue weighted by Gasteiger charge is -2.20. The summed E-state index contributed by atoms with van der Waals surface area (Å²) in [7, 11) is 1.59. The van der Waals surface area contributed by atoms with Crippen LogP contribution in [0.25, 0.3) is 0 Å². The van der Waals surface area contributed by atoms with E-state index in [0.717, 1.165) is 6.42 Å². The highest BCUT2D eigenvalue weighted by atomic mass is 16.2. The number of hydrogen-bond donors (Lipinski definition) is 3. The van der Waals surface area contributed by atoms with Crippen molar-refractivity contribution in [2.45, 2.75) is 46.1 Å². The van der Waals surface area contributed by atoms with Gasteiger partial charge in [0.15, 0.2) is 6.54 Å². The molecular formula is C24H34N3O2+. The second-order valence-corrected chi connectivity index (χ2v) is 7.76. The SMILES string of the molecule is CCCCc1ccc([C@@H]([NH2+]CC(=O)Nc2cccc(C(=O)NC)c2)C(C)C)cc1. The lowest BCUT2D eigenvalue weighted by Crippen LogP contribution is -2.88. The van der Waals surface area contributed by atoms with Crippen molar-refractivity contribution in [1.29, 1.82) is 0 Å². The average Bonchev–Trinajstić information content (AvgIpc) is 2.72. The summed E-state index contributed by atoms with van der Waals surface area (Å²) < 4.78 is 0. The molecule has 0 heterocycles. The van der Waals surface area contributed by atoms with Crippen LogP contribution in [0.1, 0.15) is 61.1 Å². The van der Waals surface area contributed by atoms with Gasteiger partial charge in [0.25, 0.3) is 11.8 Å². The Morgan fingerprint density at radius 1 is 1.07 bits per heavy atom. The molecule has 2 amide bonds. The van der Waals surface area contributed by atoms with Gasteiger partial charge in [-0.1, -0.05) is 57.5 Å². The summed E-state index contributed by atoms with van der Waals surface area (Å²) in [5, 5.41) is 7.57. The molecule has 0 aromatic heterocycles. The standard InChI is InChI=1S/C24H33N3O2/c1-5-6-8-18-11-13-19(14-12-18)23(17(2)3)26-16-22(28)27-21-10-7-9-20(15-21)24(29)25-4/h7,9-15,17,23,26H,5-6,8,16H2,1-4H3,(H,25,29)(H,27,28)/p+1/t23-/m0/s1. The van der Waals surface area contributed by atoms with Crippen LogP contribution in [0.5, 0.6) is 0 Å². The second-order valence-electron chi connectivity index (χ2n) is 7.76. The van der Waals surface area contributed by atoms with E-state index in [2.05, 4.69) is 61.0 Å². The Kier molecular flexibility index (Phi) is 8.87. The van der Waals surface area contributed by atoms with Crippen molar-refractivity contribution in [3.63, 3.8) is 0 Å². The van der Waals surface area contributed by atoms with E-state index in [-0.39, 0.29) is 17.9 Å². The first-order chi connectivity index (χ1) is 13.9. The fourth-order valence-electron chi connectivity index (χ4n) is 3.41. The molecule has 0 aliphatic rings. The van der Waals surface area contributed by atoms with Gasteiger partial charge in [0.2, 0.25) is 0 Å². The predicted molar refractivity (Wildman–Crippen MR) is 118 cm³/mol. The van der Waals surface area contributed by atoms with Gasteiger partial charge >= 0.3 is 0 Å². The molecule has 0 spiro atoms. The molecule has 0 aliphatic carbocycles. The molecule has 4 N–H and O–H groups in total. The maximum Gasteiger partial charge on any atom is 0.279 e. The molecular weight excluding hydrogens is 362 g/mol. The Morgan fingerprint density at radius 2 is 1.79 bits per heavy atom. The van der Waals surface area contributed by atoms with Crippen LogP contribution in [-0.4, -0.2) is 25.4 Å². The summed E-state index contributed by atoms with van der Waals surface area (Å²) in [6.07, 6.45) is 3.52. The molecule has 0 radical (unpaired) electrons. The molecule has 1 atom stereocenters. The Morgan fingerprint density at radius 3 is 2.41 bits per heavy atom. The van der Waals surface area contributed by atoms with E-state index in [4.69, 9.17) is 0 Å². The van der Waals surface area contributed by atoms with Gasteiger partial charge in [-0.2, -0.15) is 0 Å². The molecule has 0 bridgehead atoms. The number of rotatable bonds is 10. The third kappa shape index (κ3) is 7.02. The summed E-state index contributed by atoms with van der Waals surface area (Å²) in [4.78, 5) is 24.2. The van der Waals surface area contributed by atoms with Gasteiger partial charge in [-0.15, -0.1) is 0 Å². The molecule has 0 aliphatic heterocycles. The lowest BCUT2D eigenvalue weighted by atomic mass is 9.94. The van der Waals surface area contributed by atoms with Gasteiger partial charge in [-0.05, 0) is 36.6 Å². The molecule has 5 heteroatoms. The first kappa shape index (κ1) is 22.6. The number of unbranched alkanes of at least 4 members (excludes halogenated alkanes) is 1. The Hall–Kier alpha value is -2.66. The normalized spacial score (nSPS) is 11.9. The van der Waals surface area contributed by atoms with E-state index in [9.17, 15) is 9.59 Å². The van der Waals surface area contributed by atoms with Gasteiger partial charge < -0.3 is 16.0 Å². The number of hydrogen-bond acceptors (Lipinski definition) is 2. The van der Waals surface area contributed by atoms with Gasteiger partial charge in [0, 0.05) is 29.8 Å². The highest BCUT2D eigenvalue weighted by Gasteiger charge is 2.20. The summed E-state index contributed by atoms with van der Waals surface area (Å²) in [5.41, 5.74) is 3.77. The minimum Gasteiger partial charge on any atom is -0.355 e. The zero-order chi connectivity index (χ0) is 21.2. The van der Waals surface area contributed by atoms with Crippen molar-refractivity contribution >= 4 is 17.5 Å². The van der Waals surface area contributed by atoms with E-state index in [0.29, 0.717) is 23.7 Å². The van der Waals surface area contributed by atoms with Crippen molar-refractivity contribution in [2.75, 3.05) is 18.9 Å². The van der Waals surface area contributed by atoms with Gasteiger partial charge in [-0.25, -0.2) is 0 Å². The molecule has 5 nitrogen and oxygen atoms in total. The monoisotopic (exact) mass is 396 g/mol. The first-order valence-corrected chi connectivity index (χ1v) is 10.5. The van der Waals surface area contributed by atoms with Gasteiger partial charge in [-0.3, -0.25) is 9.59 Å². The maximum atomic E-state index is 12.5. The van der Waals surface area contributed by atoms with Crippen LogP contribution >= 0.6 is 0 Å². The molecule has 0 unspecified atom stereocenters. The Labute approximate surface area is 174 Å². The average molecular weight is 397 g/mol. The highest BCUT2D eigenvalue weighted by molar-refractivity contribution is 5.97. The zero-order valence-corrected chi connectivity index (χ0v) is 18.0. The summed E-state index contributed by atoms with van der Waals surface area (Å²) in [6, 6.07) is 16.0. The fraction of sp³-hybridized carbons (Fsp3) is 0.417. The van der Waals surface area contributed by atoms with Crippen molar-refractivity contribution in [3.05, 3.63) is 65.2 Å². The number of quaternary nitrogens is 1. The molecule has 29 heavy (non-hydrogen) atoms. The number of carbonyl (C=O) groups is 2. The summed E-state index contributed by atoms with van der Waals surface area (Å²) in [5.74, 6) is 0.153. The molecule has 2 aromatic rings. The van der Waals surface area contributed by atoms with Gasteiger partial charge in [0.1, 0.15) is 6.04 Å². The van der Waals surface area contributed by atoms with E-state index in [1.165, 1.54) is 24.0 Å². The molecule has 0 saturated heterocycles. The van der Waals surface area contributed by atoms with E-state index in [1.807, 2.05) is 0 Å². The zero-order valence-electron chi connectivity index (χ0n) is 18.0. The van der Waals surface area contributed by atoms with Crippen LogP contribution in [-0.2, 0) is 11.2 Å². The molecule has 156 valence electrons. The van der Waals surface area contributed by atoms with Crippen LogP contribution in [0.15, 0.2) is 48.5 Å². The summed E-state index contributed by atoms with van der Waals surface area (Å²) >= 11 is 0. The first-order valence-electron chi connectivity index (χ1n) is 10.5. The third-order valence-electron chi connectivity index (χ3n) is 5.09. The van der Waals surface area contributed by atoms with Crippen LogP contribution in [0, 0.1) is 5.92 Å². The quantitative estimate of drug-likeness (QED) is 0.576.